The van der Waals surface area contributed by atoms with Crippen molar-refractivity contribution in [1.82, 2.24) is 9.55 Å². The van der Waals surface area contributed by atoms with Crippen LogP contribution in [0.5, 0.6) is 5.75 Å². The Hall–Kier alpha value is -3.58. The first-order valence-electron chi connectivity index (χ1n) is 8.32. The molecular formula is C22H17N3O. The van der Waals surface area contributed by atoms with Gasteiger partial charge in [0, 0.05) is 12.6 Å². The van der Waals surface area contributed by atoms with E-state index < -0.39 is 0 Å². The number of imidazole rings is 1. The first-order chi connectivity index (χ1) is 12.7. The van der Waals surface area contributed by atoms with Gasteiger partial charge in [-0.3, -0.25) is 0 Å². The summed E-state index contributed by atoms with van der Waals surface area (Å²) in [6, 6.07) is 22.2. The fourth-order valence-electron chi connectivity index (χ4n) is 3.28. The van der Waals surface area contributed by atoms with Crippen molar-refractivity contribution in [2.45, 2.75) is 0 Å². The summed E-state index contributed by atoms with van der Waals surface area (Å²) in [6.07, 6.45) is 1.86. The number of para-hydroxylation sites is 2. The zero-order valence-electron chi connectivity index (χ0n) is 14.6. The summed E-state index contributed by atoms with van der Waals surface area (Å²) in [4.78, 5) is 4.65. The summed E-state index contributed by atoms with van der Waals surface area (Å²) in [5, 5.41) is 12.0. The zero-order valence-corrected chi connectivity index (χ0v) is 14.6. The van der Waals surface area contributed by atoms with Crippen LogP contribution in [0.1, 0.15) is 11.4 Å². The molecule has 0 unspecified atom stereocenters. The van der Waals surface area contributed by atoms with Gasteiger partial charge in [0.2, 0.25) is 0 Å². The second kappa shape index (κ2) is 6.38. The lowest BCUT2D eigenvalue weighted by Crippen LogP contribution is -1.97. The summed E-state index contributed by atoms with van der Waals surface area (Å²) >= 11 is 0. The Kier molecular flexibility index (Phi) is 3.91. The topological polar surface area (TPSA) is 50.8 Å². The van der Waals surface area contributed by atoms with Crippen LogP contribution in [0.4, 0.5) is 0 Å². The smallest absolute Gasteiger partial charge is 0.151 e. The van der Waals surface area contributed by atoms with Gasteiger partial charge in [0.15, 0.2) is 5.82 Å². The predicted molar refractivity (Wildman–Crippen MR) is 105 cm³/mol. The Labute approximate surface area is 151 Å². The third-order valence-electron chi connectivity index (χ3n) is 4.59. The van der Waals surface area contributed by atoms with Gasteiger partial charge in [-0.2, -0.15) is 5.26 Å². The summed E-state index contributed by atoms with van der Waals surface area (Å²) in [5.41, 5.74) is 3.25. The molecule has 0 N–H and O–H groups in total. The lowest BCUT2D eigenvalue weighted by atomic mass is 10.0. The Bertz CT molecular complexity index is 1200. The number of nitrogens with zero attached hydrogens (tertiary/aromatic N) is 3. The van der Waals surface area contributed by atoms with Crippen LogP contribution in [0.15, 0.2) is 60.7 Å². The van der Waals surface area contributed by atoms with Crippen LogP contribution in [0.3, 0.4) is 0 Å². The average Bonchev–Trinajstić information content (AvgIpc) is 3.02. The van der Waals surface area contributed by atoms with Gasteiger partial charge in [0.1, 0.15) is 11.8 Å². The number of aromatic nitrogens is 2. The number of allylic oxidation sites excluding steroid dienone is 1. The normalized spacial score (nSPS) is 11.7. The van der Waals surface area contributed by atoms with Gasteiger partial charge in [-0.1, -0.05) is 42.5 Å². The van der Waals surface area contributed by atoms with Crippen molar-refractivity contribution in [3.8, 4) is 11.8 Å². The molecule has 0 spiro atoms. The lowest BCUT2D eigenvalue weighted by molar-refractivity contribution is 0.414. The van der Waals surface area contributed by atoms with E-state index in [9.17, 15) is 5.26 Å². The van der Waals surface area contributed by atoms with E-state index >= 15 is 0 Å². The van der Waals surface area contributed by atoms with Gasteiger partial charge in [-0.05, 0) is 35.0 Å². The van der Waals surface area contributed by atoms with E-state index in [0.29, 0.717) is 11.4 Å². The molecule has 26 heavy (non-hydrogen) atoms. The fraction of sp³-hybridized carbons (Fsp3) is 0.0909. The van der Waals surface area contributed by atoms with Crippen molar-refractivity contribution >= 4 is 33.5 Å². The highest BCUT2D eigenvalue weighted by Crippen LogP contribution is 2.32. The molecule has 0 radical (unpaired) electrons. The van der Waals surface area contributed by atoms with Gasteiger partial charge < -0.3 is 9.30 Å². The predicted octanol–water partition coefficient (Wildman–Crippen LogP) is 4.80. The molecule has 4 nitrogen and oxygen atoms in total. The molecule has 126 valence electrons. The SMILES string of the molecule is COc1ccc2ccccc2c1C=C(C#N)c1nc2ccccc2n1C. The molecule has 0 atom stereocenters. The highest BCUT2D eigenvalue weighted by atomic mass is 16.5. The van der Waals surface area contributed by atoms with Crippen LogP contribution in [-0.2, 0) is 7.05 Å². The minimum Gasteiger partial charge on any atom is -0.496 e. The van der Waals surface area contributed by atoms with E-state index in [1.54, 1.807) is 7.11 Å². The Morgan fingerprint density at radius 3 is 2.62 bits per heavy atom. The summed E-state index contributed by atoms with van der Waals surface area (Å²) < 4.78 is 7.49. The highest BCUT2D eigenvalue weighted by molar-refractivity contribution is 6.00. The monoisotopic (exact) mass is 339 g/mol. The molecule has 4 heteroatoms. The quantitative estimate of drug-likeness (QED) is 0.504. The lowest BCUT2D eigenvalue weighted by Gasteiger charge is -2.10. The van der Waals surface area contributed by atoms with Crippen molar-refractivity contribution in [1.29, 1.82) is 5.26 Å². The standard InChI is InChI=1S/C22H17N3O/c1-25-20-10-6-5-9-19(20)24-22(25)16(14-23)13-18-17-8-4-3-7-15(17)11-12-21(18)26-2/h3-13H,1-2H3. The third kappa shape index (κ3) is 2.51. The number of aryl methyl sites for hydroxylation is 1. The largest absolute Gasteiger partial charge is 0.496 e. The first kappa shape index (κ1) is 15.9. The van der Waals surface area contributed by atoms with Gasteiger partial charge in [0.05, 0.1) is 23.7 Å². The van der Waals surface area contributed by atoms with Gasteiger partial charge in [-0.25, -0.2) is 4.98 Å². The number of rotatable bonds is 3. The van der Waals surface area contributed by atoms with Crippen molar-refractivity contribution in [2.75, 3.05) is 7.11 Å². The maximum atomic E-state index is 9.81. The van der Waals surface area contributed by atoms with Crippen LogP contribution in [0, 0.1) is 11.3 Å². The molecule has 0 saturated carbocycles. The number of fused-ring (bicyclic) bond motifs is 2. The van der Waals surface area contributed by atoms with Crippen LogP contribution < -0.4 is 4.74 Å². The van der Waals surface area contributed by atoms with Crippen LogP contribution in [0.25, 0.3) is 33.5 Å². The average molecular weight is 339 g/mol. The van der Waals surface area contributed by atoms with Crippen LogP contribution >= 0.6 is 0 Å². The minimum atomic E-state index is 0.498. The summed E-state index contributed by atoms with van der Waals surface area (Å²) in [5.74, 6) is 1.37. The molecular weight excluding hydrogens is 322 g/mol. The number of methoxy groups -OCH3 is 1. The van der Waals surface area contributed by atoms with E-state index in [4.69, 9.17) is 4.74 Å². The first-order valence-corrected chi connectivity index (χ1v) is 8.32. The second-order valence-corrected chi connectivity index (χ2v) is 6.06. The molecule has 1 heterocycles. The number of hydrogen-bond donors (Lipinski definition) is 0. The third-order valence-corrected chi connectivity index (χ3v) is 4.59. The Morgan fingerprint density at radius 1 is 1.08 bits per heavy atom. The fourth-order valence-corrected chi connectivity index (χ4v) is 3.28. The number of hydrogen-bond acceptors (Lipinski definition) is 3. The van der Waals surface area contributed by atoms with E-state index in [-0.39, 0.29) is 0 Å². The number of ether oxygens (including phenoxy) is 1. The molecule has 1 aromatic heterocycles. The maximum absolute atomic E-state index is 9.81. The maximum Gasteiger partial charge on any atom is 0.151 e. The molecule has 4 rings (SSSR count). The number of nitriles is 1. The van der Waals surface area contributed by atoms with E-state index in [0.717, 1.165) is 33.1 Å². The zero-order chi connectivity index (χ0) is 18.1. The van der Waals surface area contributed by atoms with E-state index in [1.165, 1.54) is 0 Å². The summed E-state index contributed by atoms with van der Waals surface area (Å²) in [6.45, 7) is 0. The highest BCUT2D eigenvalue weighted by Gasteiger charge is 2.14. The summed E-state index contributed by atoms with van der Waals surface area (Å²) in [7, 11) is 3.57. The van der Waals surface area contributed by atoms with Gasteiger partial charge >= 0.3 is 0 Å². The molecule has 3 aromatic carbocycles. The van der Waals surface area contributed by atoms with Crippen LogP contribution in [-0.4, -0.2) is 16.7 Å². The Balaban J connectivity index is 1.98. The van der Waals surface area contributed by atoms with Gasteiger partial charge in [0.25, 0.3) is 0 Å². The minimum absolute atomic E-state index is 0.498. The molecule has 0 aliphatic heterocycles. The molecule has 0 amide bonds. The van der Waals surface area contributed by atoms with Crippen molar-refractivity contribution in [2.24, 2.45) is 7.05 Å². The Morgan fingerprint density at radius 2 is 1.85 bits per heavy atom. The molecule has 0 bridgehead atoms. The van der Waals surface area contributed by atoms with Crippen LogP contribution in [0.2, 0.25) is 0 Å². The molecule has 0 aliphatic rings. The van der Waals surface area contributed by atoms with Crippen molar-refractivity contribution in [3.05, 3.63) is 72.1 Å². The number of benzene rings is 3. The van der Waals surface area contributed by atoms with Crippen molar-refractivity contribution in [3.63, 3.8) is 0 Å². The second-order valence-electron chi connectivity index (χ2n) is 6.06. The van der Waals surface area contributed by atoms with Gasteiger partial charge in [-0.15, -0.1) is 0 Å². The van der Waals surface area contributed by atoms with Crippen molar-refractivity contribution < 1.29 is 4.74 Å². The molecule has 0 fully saturated rings. The van der Waals surface area contributed by atoms with E-state index in [2.05, 4.69) is 11.1 Å². The molecule has 0 aliphatic carbocycles. The van der Waals surface area contributed by atoms with E-state index in [1.807, 2.05) is 78.4 Å². The molecule has 0 saturated heterocycles. The molecule has 4 aromatic rings.